The number of halogens is 1. The average molecular weight is 410 g/mol. The molecule has 27 heavy (non-hydrogen) atoms. The number of aryl methyl sites for hydroxylation is 1. The molecule has 8 nitrogen and oxygen atoms in total. The van der Waals surface area contributed by atoms with E-state index in [1.165, 1.54) is 18.4 Å². The highest BCUT2D eigenvalue weighted by atomic mass is 35.5. The van der Waals surface area contributed by atoms with Crippen LogP contribution in [0.25, 0.3) is 10.2 Å². The summed E-state index contributed by atoms with van der Waals surface area (Å²) in [5.41, 5.74) is 0.771. The van der Waals surface area contributed by atoms with Gasteiger partial charge in [0.25, 0.3) is 5.91 Å². The van der Waals surface area contributed by atoms with E-state index in [0.717, 1.165) is 15.1 Å². The van der Waals surface area contributed by atoms with Gasteiger partial charge in [-0.3, -0.25) is 24.1 Å². The molecule has 0 unspecified atom stereocenters. The minimum absolute atomic E-state index is 0.107. The fourth-order valence-corrected chi connectivity index (χ4v) is 4.08. The summed E-state index contributed by atoms with van der Waals surface area (Å²) in [4.78, 5) is 52.5. The number of imide groups is 1. The predicted octanol–water partition coefficient (Wildman–Crippen LogP) is 1.50. The number of aromatic nitrogens is 1. The second-order valence-electron chi connectivity index (χ2n) is 5.85. The fraction of sp³-hybridized carbons (Fsp3) is 0.353. The summed E-state index contributed by atoms with van der Waals surface area (Å²) in [6.45, 7) is -0.119. The standard InChI is InChI=1S/C17H16ClN3O5S/c1-26-16(25)6-7-20-11-3-2-10(18)8-12(11)27-17(20)19-13(22)9-21-14(23)4-5-15(21)24/h2-3,8H,4-7,9H2,1H3. The van der Waals surface area contributed by atoms with Crippen LogP contribution in [0.3, 0.4) is 0 Å². The van der Waals surface area contributed by atoms with Gasteiger partial charge in [-0.05, 0) is 18.2 Å². The van der Waals surface area contributed by atoms with E-state index in [-0.39, 0.29) is 50.1 Å². The first-order valence-electron chi connectivity index (χ1n) is 8.15. The zero-order valence-corrected chi connectivity index (χ0v) is 16.0. The lowest BCUT2D eigenvalue weighted by Crippen LogP contribution is -2.34. The van der Waals surface area contributed by atoms with Gasteiger partial charge in [0.2, 0.25) is 11.8 Å². The second kappa shape index (κ2) is 8.01. The van der Waals surface area contributed by atoms with E-state index in [0.29, 0.717) is 9.82 Å². The van der Waals surface area contributed by atoms with Crippen molar-refractivity contribution < 1.29 is 23.9 Å². The molecule has 1 fully saturated rings. The molecule has 0 radical (unpaired) electrons. The van der Waals surface area contributed by atoms with E-state index in [9.17, 15) is 19.2 Å². The van der Waals surface area contributed by atoms with E-state index < -0.39 is 5.91 Å². The summed E-state index contributed by atoms with van der Waals surface area (Å²) in [7, 11) is 1.30. The summed E-state index contributed by atoms with van der Waals surface area (Å²) in [6.07, 6.45) is 0.342. The molecule has 0 saturated carbocycles. The number of likely N-dealkylation sites (tertiary alicyclic amines) is 1. The third-order valence-corrected chi connectivity index (χ3v) is 5.36. The maximum Gasteiger partial charge on any atom is 0.307 e. The van der Waals surface area contributed by atoms with E-state index in [2.05, 4.69) is 9.73 Å². The van der Waals surface area contributed by atoms with Gasteiger partial charge in [0.05, 0.1) is 23.7 Å². The van der Waals surface area contributed by atoms with Crippen molar-refractivity contribution in [3.8, 4) is 0 Å². The molecule has 3 rings (SSSR count). The van der Waals surface area contributed by atoms with Crippen molar-refractivity contribution in [3.63, 3.8) is 0 Å². The molecule has 0 atom stereocenters. The maximum atomic E-state index is 12.3. The van der Waals surface area contributed by atoms with Crippen molar-refractivity contribution in [2.24, 2.45) is 4.99 Å². The van der Waals surface area contributed by atoms with Crippen molar-refractivity contribution in [1.29, 1.82) is 0 Å². The first kappa shape index (κ1) is 19.2. The van der Waals surface area contributed by atoms with Gasteiger partial charge in [0.1, 0.15) is 6.54 Å². The van der Waals surface area contributed by atoms with Gasteiger partial charge in [-0.2, -0.15) is 4.99 Å². The van der Waals surface area contributed by atoms with Gasteiger partial charge in [-0.25, -0.2) is 0 Å². The van der Waals surface area contributed by atoms with Crippen LogP contribution in [-0.2, 0) is 30.5 Å². The van der Waals surface area contributed by atoms with Crippen molar-refractivity contribution in [2.45, 2.75) is 25.8 Å². The fourth-order valence-electron chi connectivity index (χ4n) is 2.73. The van der Waals surface area contributed by atoms with Crippen LogP contribution < -0.4 is 4.80 Å². The molecule has 0 N–H and O–H groups in total. The first-order chi connectivity index (χ1) is 12.9. The smallest absolute Gasteiger partial charge is 0.307 e. The highest BCUT2D eigenvalue weighted by Crippen LogP contribution is 2.22. The number of esters is 1. The number of carbonyl (C=O) groups excluding carboxylic acids is 4. The predicted molar refractivity (Wildman–Crippen MR) is 98.0 cm³/mol. The molecule has 1 aromatic heterocycles. The topological polar surface area (TPSA) is 98.0 Å². The molecular formula is C17H16ClN3O5S. The molecular weight excluding hydrogens is 394 g/mol. The van der Waals surface area contributed by atoms with Crippen LogP contribution in [0.5, 0.6) is 0 Å². The molecule has 0 spiro atoms. The van der Waals surface area contributed by atoms with E-state index >= 15 is 0 Å². The minimum atomic E-state index is -0.608. The van der Waals surface area contributed by atoms with Crippen molar-refractivity contribution in [1.82, 2.24) is 9.47 Å². The number of ether oxygens (including phenoxy) is 1. The van der Waals surface area contributed by atoms with Gasteiger partial charge in [0, 0.05) is 24.4 Å². The lowest BCUT2D eigenvalue weighted by Gasteiger charge is -2.10. The number of rotatable bonds is 5. The Kier molecular flexibility index (Phi) is 5.71. The number of methoxy groups -OCH3 is 1. The first-order valence-corrected chi connectivity index (χ1v) is 9.35. The Hall–Kier alpha value is -2.52. The summed E-state index contributed by atoms with van der Waals surface area (Å²) in [5, 5.41) is 0.537. The summed E-state index contributed by atoms with van der Waals surface area (Å²) in [6, 6.07) is 5.23. The largest absolute Gasteiger partial charge is 0.469 e. The van der Waals surface area contributed by atoms with Gasteiger partial charge in [0.15, 0.2) is 4.80 Å². The van der Waals surface area contributed by atoms with Crippen LogP contribution in [-0.4, -0.2) is 46.8 Å². The van der Waals surface area contributed by atoms with Crippen molar-refractivity contribution in [3.05, 3.63) is 28.0 Å². The van der Waals surface area contributed by atoms with Gasteiger partial charge >= 0.3 is 5.97 Å². The maximum absolute atomic E-state index is 12.3. The van der Waals surface area contributed by atoms with Crippen LogP contribution in [0.1, 0.15) is 19.3 Å². The number of carbonyl (C=O) groups is 4. The van der Waals surface area contributed by atoms with Gasteiger partial charge < -0.3 is 9.30 Å². The summed E-state index contributed by atoms with van der Waals surface area (Å²) < 4.78 is 7.18. The number of hydrogen-bond acceptors (Lipinski definition) is 6. The van der Waals surface area contributed by atoms with E-state index in [1.807, 2.05) is 0 Å². The zero-order chi connectivity index (χ0) is 19.6. The highest BCUT2D eigenvalue weighted by molar-refractivity contribution is 7.16. The van der Waals surface area contributed by atoms with E-state index in [1.54, 1.807) is 22.8 Å². The zero-order valence-electron chi connectivity index (χ0n) is 14.4. The number of hydrogen-bond donors (Lipinski definition) is 0. The van der Waals surface area contributed by atoms with Crippen molar-refractivity contribution in [2.75, 3.05) is 13.7 Å². The normalized spacial score (nSPS) is 15.0. The molecule has 142 valence electrons. The quantitative estimate of drug-likeness (QED) is 0.550. The second-order valence-corrected chi connectivity index (χ2v) is 7.30. The Morgan fingerprint density at radius 1 is 1.26 bits per heavy atom. The number of fused-ring (bicyclic) bond motifs is 1. The van der Waals surface area contributed by atoms with Gasteiger partial charge in [-0.15, -0.1) is 0 Å². The molecule has 0 bridgehead atoms. The number of benzene rings is 1. The number of nitrogens with zero attached hydrogens (tertiary/aromatic N) is 3. The molecule has 0 aliphatic carbocycles. The van der Waals surface area contributed by atoms with Crippen LogP contribution in [0.2, 0.25) is 5.02 Å². The Balaban J connectivity index is 1.94. The SMILES string of the molecule is COC(=O)CCn1c(=NC(=O)CN2C(=O)CCC2=O)sc2cc(Cl)ccc21. The van der Waals surface area contributed by atoms with Crippen LogP contribution in [0, 0.1) is 0 Å². The van der Waals surface area contributed by atoms with Crippen LogP contribution >= 0.6 is 22.9 Å². The molecule has 2 aromatic rings. The summed E-state index contributed by atoms with van der Waals surface area (Å²) in [5.74, 6) is -1.74. The third-order valence-electron chi connectivity index (χ3n) is 4.08. The van der Waals surface area contributed by atoms with Crippen LogP contribution in [0.15, 0.2) is 23.2 Å². The monoisotopic (exact) mass is 409 g/mol. The Morgan fingerprint density at radius 3 is 2.63 bits per heavy atom. The number of amides is 3. The minimum Gasteiger partial charge on any atom is -0.469 e. The Morgan fingerprint density at radius 2 is 1.96 bits per heavy atom. The lowest BCUT2D eigenvalue weighted by molar-refractivity contribution is -0.142. The molecule has 1 aliphatic rings. The molecule has 1 saturated heterocycles. The van der Waals surface area contributed by atoms with Crippen molar-refractivity contribution >= 4 is 56.8 Å². The van der Waals surface area contributed by atoms with Gasteiger partial charge in [-0.1, -0.05) is 22.9 Å². The molecule has 10 heteroatoms. The molecule has 2 heterocycles. The Labute approximate surface area is 163 Å². The third kappa shape index (κ3) is 4.25. The average Bonchev–Trinajstić information content (AvgIpc) is 3.12. The summed E-state index contributed by atoms with van der Waals surface area (Å²) >= 11 is 7.26. The number of thiazole rings is 1. The lowest BCUT2D eigenvalue weighted by atomic mass is 10.3. The van der Waals surface area contributed by atoms with E-state index in [4.69, 9.17) is 11.6 Å². The molecule has 1 aromatic carbocycles. The highest BCUT2D eigenvalue weighted by Gasteiger charge is 2.30. The molecule has 1 aliphatic heterocycles. The van der Waals surface area contributed by atoms with Crippen LogP contribution in [0.4, 0.5) is 0 Å². The molecule has 3 amide bonds. The Bertz CT molecular complexity index is 994.